The number of amides is 3. The van der Waals surface area contributed by atoms with E-state index in [0.717, 1.165) is 15.0 Å². The number of aryl methyl sites for hydroxylation is 1. The standard InChI is InChI=1S/C21H18N4O3S/c1-24-13-11-22-21(24)29-17-9-5-4-8-16(17)23-18(26)10-12-25-19(27)14-6-2-3-7-15(14)20(25)28/h2-9,11,13H,10,12H2,1H3,(H,23,26). The molecule has 0 fully saturated rings. The van der Waals surface area contributed by atoms with Crippen LogP contribution in [0.2, 0.25) is 0 Å². The van der Waals surface area contributed by atoms with Crippen LogP contribution in [0.3, 0.4) is 0 Å². The van der Waals surface area contributed by atoms with Gasteiger partial charge in [0.05, 0.1) is 16.8 Å². The van der Waals surface area contributed by atoms with Crippen molar-refractivity contribution in [3.8, 4) is 0 Å². The fraction of sp³-hybridized carbons (Fsp3) is 0.143. The van der Waals surface area contributed by atoms with Crippen LogP contribution < -0.4 is 5.32 Å². The molecule has 146 valence electrons. The first-order valence-corrected chi connectivity index (χ1v) is 9.85. The molecule has 8 heteroatoms. The van der Waals surface area contributed by atoms with Gasteiger partial charge in [0.25, 0.3) is 11.8 Å². The molecule has 0 saturated heterocycles. The van der Waals surface area contributed by atoms with E-state index < -0.39 is 0 Å². The molecule has 0 spiro atoms. The van der Waals surface area contributed by atoms with Gasteiger partial charge in [0.2, 0.25) is 5.91 Å². The number of carbonyl (C=O) groups is 3. The van der Waals surface area contributed by atoms with Crippen LogP contribution in [0.4, 0.5) is 5.69 Å². The van der Waals surface area contributed by atoms with Crippen molar-refractivity contribution in [1.29, 1.82) is 0 Å². The highest BCUT2D eigenvalue weighted by atomic mass is 32.2. The van der Waals surface area contributed by atoms with Gasteiger partial charge in [-0.3, -0.25) is 19.3 Å². The summed E-state index contributed by atoms with van der Waals surface area (Å²) in [6.07, 6.45) is 3.59. The quantitative estimate of drug-likeness (QED) is 0.636. The Morgan fingerprint density at radius 2 is 1.69 bits per heavy atom. The third kappa shape index (κ3) is 3.79. The lowest BCUT2D eigenvalue weighted by molar-refractivity contribution is -0.116. The number of aromatic nitrogens is 2. The zero-order valence-corrected chi connectivity index (χ0v) is 16.5. The van der Waals surface area contributed by atoms with Crippen molar-refractivity contribution in [1.82, 2.24) is 14.5 Å². The van der Waals surface area contributed by atoms with Crippen molar-refractivity contribution < 1.29 is 14.4 Å². The van der Waals surface area contributed by atoms with Crippen molar-refractivity contribution in [3.63, 3.8) is 0 Å². The summed E-state index contributed by atoms with van der Waals surface area (Å²) in [5.41, 5.74) is 1.43. The van der Waals surface area contributed by atoms with Crippen LogP contribution in [0.25, 0.3) is 0 Å². The molecule has 0 aliphatic carbocycles. The number of hydrogen-bond acceptors (Lipinski definition) is 5. The van der Waals surface area contributed by atoms with E-state index in [0.29, 0.717) is 16.8 Å². The van der Waals surface area contributed by atoms with Crippen molar-refractivity contribution >= 4 is 35.2 Å². The second-order valence-corrected chi connectivity index (χ2v) is 7.53. The Balaban J connectivity index is 1.41. The molecule has 4 rings (SSSR count). The number of imidazole rings is 1. The number of fused-ring (bicyclic) bond motifs is 1. The maximum Gasteiger partial charge on any atom is 0.261 e. The topological polar surface area (TPSA) is 84.3 Å². The van der Waals surface area contributed by atoms with E-state index in [1.807, 2.05) is 42.1 Å². The van der Waals surface area contributed by atoms with Crippen LogP contribution in [0.5, 0.6) is 0 Å². The summed E-state index contributed by atoms with van der Waals surface area (Å²) in [5, 5.41) is 3.67. The zero-order chi connectivity index (χ0) is 20.4. The first-order valence-electron chi connectivity index (χ1n) is 9.04. The number of nitrogens with zero attached hydrogens (tertiary/aromatic N) is 3. The second-order valence-electron chi connectivity index (χ2n) is 6.52. The smallest absolute Gasteiger partial charge is 0.261 e. The number of benzene rings is 2. The van der Waals surface area contributed by atoms with Gasteiger partial charge in [0.15, 0.2) is 5.16 Å². The fourth-order valence-electron chi connectivity index (χ4n) is 3.08. The first-order chi connectivity index (χ1) is 14.0. The van der Waals surface area contributed by atoms with Crippen LogP contribution in [0.1, 0.15) is 27.1 Å². The van der Waals surface area contributed by atoms with E-state index in [1.54, 1.807) is 30.5 Å². The largest absolute Gasteiger partial charge is 0.329 e. The van der Waals surface area contributed by atoms with E-state index in [-0.39, 0.29) is 30.7 Å². The number of nitrogens with one attached hydrogen (secondary N) is 1. The van der Waals surface area contributed by atoms with Gasteiger partial charge in [-0.2, -0.15) is 0 Å². The highest BCUT2D eigenvalue weighted by Gasteiger charge is 2.34. The summed E-state index contributed by atoms with van der Waals surface area (Å²) in [6.45, 7) is 0.0346. The van der Waals surface area contributed by atoms with Crippen LogP contribution in [0, 0.1) is 0 Å². The number of imide groups is 1. The molecule has 7 nitrogen and oxygen atoms in total. The van der Waals surface area contributed by atoms with Gasteiger partial charge in [0.1, 0.15) is 0 Å². The summed E-state index contributed by atoms with van der Waals surface area (Å²) in [4.78, 5) is 43.6. The van der Waals surface area contributed by atoms with E-state index in [1.165, 1.54) is 11.8 Å². The number of para-hydroxylation sites is 1. The normalized spacial score (nSPS) is 12.9. The van der Waals surface area contributed by atoms with E-state index in [9.17, 15) is 14.4 Å². The van der Waals surface area contributed by atoms with Crippen LogP contribution in [-0.4, -0.2) is 38.7 Å². The minimum Gasteiger partial charge on any atom is -0.329 e. The maximum absolute atomic E-state index is 12.5. The molecule has 0 radical (unpaired) electrons. The molecule has 3 aromatic rings. The van der Waals surface area contributed by atoms with Gasteiger partial charge in [-0.15, -0.1) is 0 Å². The molecule has 2 aromatic carbocycles. The molecular formula is C21H18N4O3S. The highest BCUT2D eigenvalue weighted by molar-refractivity contribution is 7.99. The van der Waals surface area contributed by atoms with Crippen molar-refractivity contribution in [2.75, 3.05) is 11.9 Å². The SMILES string of the molecule is Cn1ccnc1Sc1ccccc1NC(=O)CCN1C(=O)c2ccccc2C1=O. The summed E-state index contributed by atoms with van der Waals surface area (Å²) in [5.74, 6) is -0.984. The van der Waals surface area contributed by atoms with Crippen molar-refractivity contribution in [2.45, 2.75) is 16.5 Å². The Labute approximate surface area is 171 Å². The van der Waals surface area contributed by atoms with E-state index >= 15 is 0 Å². The van der Waals surface area contributed by atoms with Gasteiger partial charge in [-0.1, -0.05) is 24.3 Å². The maximum atomic E-state index is 12.5. The van der Waals surface area contributed by atoms with Gasteiger partial charge in [-0.05, 0) is 36.0 Å². The molecule has 1 aliphatic rings. The Morgan fingerprint density at radius 3 is 2.34 bits per heavy atom. The monoisotopic (exact) mass is 406 g/mol. The molecule has 2 heterocycles. The number of rotatable bonds is 6. The van der Waals surface area contributed by atoms with Crippen molar-refractivity contribution in [3.05, 3.63) is 72.1 Å². The average Bonchev–Trinajstić information content (AvgIpc) is 3.23. The van der Waals surface area contributed by atoms with Gasteiger partial charge < -0.3 is 9.88 Å². The third-order valence-corrected chi connectivity index (χ3v) is 5.73. The Morgan fingerprint density at radius 1 is 1.03 bits per heavy atom. The summed E-state index contributed by atoms with van der Waals surface area (Å²) in [7, 11) is 1.90. The minimum atomic E-state index is -0.357. The van der Waals surface area contributed by atoms with Crippen LogP contribution >= 0.6 is 11.8 Å². The van der Waals surface area contributed by atoms with Gasteiger partial charge in [0, 0.05) is 37.3 Å². The van der Waals surface area contributed by atoms with Gasteiger partial charge in [-0.25, -0.2) is 4.98 Å². The second kappa shape index (κ2) is 7.92. The van der Waals surface area contributed by atoms with Crippen LogP contribution in [-0.2, 0) is 11.8 Å². The Kier molecular flexibility index (Phi) is 5.18. The Hall–Kier alpha value is -3.39. The molecule has 0 unspecified atom stereocenters. The van der Waals surface area contributed by atoms with Gasteiger partial charge >= 0.3 is 0 Å². The third-order valence-electron chi connectivity index (χ3n) is 4.58. The number of hydrogen-bond donors (Lipinski definition) is 1. The fourth-order valence-corrected chi connectivity index (χ4v) is 3.97. The predicted octanol–water partition coefficient (Wildman–Crippen LogP) is 3.20. The summed E-state index contributed by atoms with van der Waals surface area (Å²) in [6, 6.07) is 14.1. The minimum absolute atomic E-state index is 0.0207. The average molecular weight is 406 g/mol. The number of anilines is 1. The predicted molar refractivity (Wildman–Crippen MR) is 109 cm³/mol. The first kappa shape index (κ1) is 18.9. The van der Waals surface area contributed by atoms with Crippen molar-refractivity contribution in [2.24, 2.45) is 7.05 Å². The molecule has 29 heavy (non-hydrogen) atoms. The Bertz CT molecular complexity index is 1070. The molecule has 1 aliphatic heterocycles. The van der Waals surface area contributed by atoms with E-state index in [2.05, 4.69) is 10.3 Å². The molecule has 0 atom stereocenters. The molecule has 1 N–H and O–H groups in total. The lowest BCUT2D eigenvalue weighted by atomic mass is 10.1. The molecule has 1 aromatic heterocycles. The molecule has 0 bridgehead atoms. The zero-order valence-electron chi connectivity index (χ0n) is 15.7. The van der Waals surface area contributed by atoms with Crippen LogP contribution in [0.15, 0.2) is 71.0 Å². The lowest BCUT2D eigenvalue weighted by Crippen LogP contribution is -2.32. The summed E-state index contributed by atoms with van der Waals surface area (Å²) >= 11 is 1.44. The highest BCUT2D eigenvalue weighted by Crippen LogP contribution is 2.32. The summed E-state index contributed by atoms with van der Waals surface area (Å²) < 4.78 is 1.89. The molecule has 3 amide bonds. The molecule has 0 saturated carbocycles. The van der Waals surface area contributed by atoms with E-state index in [4.69, 9.17) is 0 Å². The molecular weight excluding hydrogens is 388 g/mol. The lowest BCUT2D eigenvalue weighted by Gasteiger charge is -2.14. The number of carbonyl (C=O) groups excluding carboxylic acids is 3.